The van der Waals surface area contributed by atoms with Crippen LogP contribution in [0.5, 0.6) is 0 Å². The summed E-state index contributed by atoms with van der Waals surface area (Å²) in [5.41, 5.74) is 6.57. The fourth-order valence-corrected chi connectivity index (χ4v) is 2.43. The Balaban J connectivity index is 2.32. The number of nitrogens with two attached hydrogens (primary N) is 1. The van der Waals surface area contributed by atoms with Crippen LogP contribution >= 0.6 is 0 Å². The Morgan fingerprint density at radius 3 is 3.00 bits per heavy atom. The molecule has 1 atom stereocenters. The fraction of sp³-hybridized carbons (Fsp3) is 0.615. The molecule has 0 saturated carbocycles. The molecule has 0 aliphatic carbocycles. The summed E-state index contributed by atoms with van der Waals surface area (Å²) in [4.78, 5) is 22.2. The van der Waals surface area contributed by atoms with Crippen LogP contribution in [0.2, 0.25) is 0 Å². The summed E-state index contributed by atoms with van der Waals surface area (Å²) in [6.45, 7) is 3.36. The zero-order valence-corrected chi connectivity index (χ0v) is 11.4. The Morgan fingerprint density at radius 1 is 1.53 bits per heavy atom. The second kappa shape index (κ2) is 5.97. The molecule has 0 spiro atoms. The first-order chi connectivity index (χ1) is 9.15. The van der Waals surface area contributed by atoms with Gasteiger partial charge in [0.05, 0.1) is 7.11 Å². The normalized spacial score (nSPS) is 19.3. The first-order valence-electron chi connectivity index (χ1n) is 6.56. The average molecular weight is 264 g/mol. The first-order valence-corrected chi connectivity index (χ1v) is 6.56. The second-order valence-corrected chi connectivity index (χ2v) is 4.76. The third kappa shape index (κ3) is 3.01. The van der Waals surface area contributed by atoms with Gasteiger partial charge in [-0.05, 0) is 26.2 Å². The van der Waals surface area contributed by atoms with Crippen LogP contribution in [0.3, 0.4) is 0 Å². The van der Waals surface area contributed by atoms with Crippen molar-refractivity contribution in [3.63, 3.8) is 0 Å². The van der Waals surface area contributed by atoms with Crippen LogP contribution in [0.1, 0.15) is 35.6 Å². The third-order valence-corrected chi connectivity index (χ3v) is 3.40. The number of rotatable bonds is 3. The number of carbonyl (C=O) groups excluding carboxylic acids is 1. The van der Waals surface area contributed by atoms with Gasteiger partial charge >= 0.3 is 5.97 Å². The summed E-state index contributed by atoms with van der Waals surface area (Å²) < 4.78 is 4.68. The van der Waals surface area contributed by atoms with E-state index in [9.17, 15) is 4.79 Å². The lowest BCUT2D eigenvalue weighted by Crippen LogP contribution is -2.44. The minimum absolute atomic E-state index is 0.110. The van der Waals surface area contributed by atoms with E-state index in [1.165, 1.54) is 13.5 Å². The predicted molar refractivity (Wildman–Crippen MR) is 72.1 cm³/mol. The Kier molecular flexibility index (Phi) is 4.31. The Morgan fingerprint density at radius 2 is 2.32 bits per heavy atom. The number of hydrogen-bond acceptors (Lipinski definition) is 6. The molecule has 0 amide bonds. The van der Waals surface area contributed by atoms with Crippen molar-refractivity contribution >= 4 is 11.8 Å². The molecule has 1 aromatic heterocycles. The van der Waals surface area contributed by atoms with Crippen molar-refractivity contribution in [2.45, 2.75) is 32.2 Å². The quantitative estimate of drug-likeness (QED) is 0.816. The number of aromatic nitrogens is 2. The van der Waals surface area contributed by atoms with E-state index in [0.29, 0.717) is 6.54 Å². The van der Waals surface area contributed by atoms with Crippen LogP contribution in [0.4, 0.5) is 5.82 Å². The molecule has 1 aromatic rings. The van der Waals surface area contributed by atoms with Gasteiger partial charge in [-0.3, -0.25) is 0 Å². The van der Waals surface area contributed by atoms with E-state index in [1.54, 1.807) is 0 Å². The van der Waals surface area contributed by atoms with Crippen molar-refractivity contribution in [3.05, 3.63) is 17.6 Å². The standard InChI is InChI=1S/C13H20N4O2/c1-9-7-11(16-12(15-9)13(18)19-2)17-6-4-3-5-10(17)8-14/h7,10H,3-6,8,14H2,1-2H3. The van der Waals surface area contributed by atoms with Crippen molar-refractivity contribution < 1.29 is 9.53 Å². The summed E-state index contributed by atoms with van der Waals surface area (Å²) in [5.74, 6) is 0.369. The first kappa shape index (κ1) is 13.7. The Bertz CT molecular complexity index is 464. The van der Waals surface area contributed by atoms with Crippen LogP contribution in [0.25, 0.3) is 0 Å². The molecule has 6 nitrogen and oxygen atoms in total. The lowest BCUT2D eigenvalue weighted by atomic mass is 10.0. The van der Waals surface area contributed by atoms with E-state index in [-0.39, 0.29) is 11.9 Å². The minimum atomic E-state index is -0.508. The Hall–Kier alpha value is -1.69. The van der Waals surface area contributed by atoms with Gasteiger partial charge in [-0.2, -0.15) is 0 Å². The Labute approximate surface area is 113 Å². The zero-order valence-electron chi connectivity index (χ0n) is 11.4. The highest BCUT2D eigenvalue weighted by Crippen LogP contribution is 2.23. The highest BCUT2D eigenvalue weighted by Gasteiger charge is 2.24. The summed E-state index contributed by atoms with van der Waals surface area (Å²) >= 11 is 0. The maximum atomic E-state index is 11.6. The molecule has 1 unspecified atom stereocenters. The topological polar surface area (TPSA) is 81.3 Å². The van der Waals surface area contributed by atoms with Gasteiger partial charge in [0.15, 0.2) is 0 Å². The van der Waals surface area contributed by atoms with Gasteiger partial charge in [0.1, 0.15) is 5.82 Å². The maximum absolute atomic E-state index is 11.6. The summed E-state index contributed by atoms with van der Waals surface area (Å²) in [6, 6.07) is 2.17. The summed E-state index contributed by atoms with van der Waals surface area (Å²) in [5, 5.41) is 0. The molecule has 2 N–H and O–H groups in total. The van der Waals surface area contributed by atoms with Crippen LogP contribution in [-0.2, 0) is 4.74 Å². The van der Waals surface area contributed by atoms with Crippen LogP contribution in [-0.4, -0.2) is 42.2 Å². The van der Waals surface area contributed by atoms with Gasteiger partial charge < -0.3 is 15.4 Å². The molecule has 1 fully saturated rings. The lowest BCUT2D eigenvalue weighted by Gasteiger charge is -2.36. The maximum Gasteiger partial charge on any atom is 0.376 e. The number of nitrogens with zero attached hydrogens (tertiary/aromatic N) is 3. The molecule has 1 aliphatic heterocycles. The summed E-state index contributed by atoms with van der Waals surface area (Å²) in [6.07, 6.45) is 3.37. The minimum Gasteiger partial charge on any atom is -0.463 e. The van der Waals surface area contributed by atoms with Crippen molar-refractivity contribution in [3.8, 4) is 0 Å². The molecular formula is C13H20N4O2. The lowest BCUT2D eigenvalue weighted by molar-refractivity contribution is 0.0586. The number of anilines is 1. The number of piperidine rings is 1. The second-order valence-electron chi connectivity index (χ2n) is 4.76. The van der Waals surface area contributed by atoms with E-state index in [1.807, 2.05) is 13.0 Å². The van der Waals surface area contributed by atoms with Crippen LogP contribution in [0.15, 0.2) is 6.07 Å². The molecule has 0 radical (unpaired) electrons. The number of aryl methyl sites for hydroxylation is 1. The molecule has 0 aromatic carbocycles. The molecule has 104 valence electrons. The molecule has 2 rings (SSSR count). The van der Waals surface area contributed by atoms with Crippen LogP contribution in [0, 0.1) is 6.92 Å². The number of ether oxygens (including phenoxy) is 1. The summed E-state index contributed by atoms with van der Waals surface area (Å²) in [7, 11) is 1.33. The van der Waals surface area contributed by atoms with Gasteiger partial charge in [0.2, 0.25) is 5.82 Å². The van der Waals surface area contributed by atoms with Gasteiger partial charge in [0.25, 0.3) is 0 Å². The van der Waals surface area contributed by atoms with E-state index < -0.39 is 5.97 Å². The third-order valence-electron chi connectivity index (χ3n) is 3.40. The highest BCUT2D eigenvalue weighted by molar-refractivity contribution is 5.85. The molecule has 6 heteroatoms. The highest BCUT2D eigenvalue weighted by atomic mass is 16.5. The average Bonchev–Trinajstić information content (AvgIpc) is 2.45. The van der Waals surface area contributed by atoms with E-state index in [0.717, 1.165) is 30.9 Å². The number of hydrogen-bond donors (Lipinski definition) is 1. The van der Waals surface area contributed by atoms with Gasteiger partial charge in [-0.25, -0.2) is 14.8 Å². The fourth-order valence-electron chi connectivity index (χ4n) is 2.43. The number of methoxy groups -OCH3 is 1. The molecule has 1 aliphatic rings. The van der Waals surface area contributed by atoms with Crippen LogP contribution < -0.4 is 10.6 Å². The van der Waals surface area contributed by atoms with E-state index >= 15 is 0 Å². The van der Waals surface area contributed by atoms with Crippen molar-refractivity contribution in [2.24, 2.45) is 5.73 Å². The van der Waals surface area contributed by atoms with Crippen molar-refractivity contribution in [2.75, 3.05) is 25.1 Å². The van der Waals surface area contributed by atoms with E-state index in [4.69, 9.17) is 5.73 Å². The zero-order chi connectivity index (χ0) is 13.8. The predicted octanol–water partition coefficient (Wildman–Crippen LogP) is 0.889. The molecule has 2 heterocycles. The molecule has 0 bridgehead atoms. The van der Waals surface area contributed by atoms with Gasteiger partial charge in [-0.15, -0.1) is 0 Å². The monoisotopic (exact) mass is 264 g/mol. The number of carbonyl (C=O) groups is 1. The van der Waals surface area contributed by atoms with Gasteiger partial charge in [-0.1, -0.05) is 0 Å². The SMILES string of the molecule is COC(=O)c1nc(C)cc(N2CCCCC2CN)n1. The largest absolute Gasteiger partial charge is 0.463 e. The number of esters is 1. The van der Waals surface area contributed by atoms with E-state index in [2.05, 4.69) is 19.6 Å². The smallest absolute Gasteiger partial charge is 0.376 e. The molecular weight excluding hydrogens is 244 g/mol. The van der Waals surface area contributed by atoms with Crippen molar-refractivity contribution in [1.29, 1.82) is 0 Å². The van der Waals surface area contributed by atoms with Gasteiger partial charge in [0, 0.05) is 30.9 Å². The molecule has 19 heavy (non-hydrogen) atoms. The van der Waals surface area contributed by atoms with Crippen molar-refractivity contribution in [1.82, 2.24) is 9.97 Å². The molecule has 1 saturated heterocycles.